The first-order chi connectivity index (χ1) is 15.7. The molecule has 0 radical (unpaired) electrons. The minimum atomic E-state index is -4.52. The molecule has 0 amide bonds. The highest BCUT2D eigenvalue weighted by molar-refractivity contribution is 5.71. The number of anilines is 1. The predicted molar refractivity (Wildman–Crippen MR) is 108 cm³/mol. The standard InChI is InChI=1S/C21H21F5N6O/c22-16(23)12-32-19-13(10-28-32)27-11-17(30-19)31-8-6-20(7-9-31)5-4-15(20)33-18-3-1-2-14(29-18)21(24,25)26/h1-3,10-11,15-16H,4-9,12H2. The SMILES string of the molecule is FC(F)Cn1ncc2ncc(N3CCC4(CCC4Oc4cccc(C(F)(F)F)n4)CC3)nc21. The summed E-state index contributed by atoms with van der Waals surface area (Å²) in [5.74, 6) is 0.574. The van der Waals surface area contributed by atoms with Crippen LogP contribution in [0.25, 0.3) is 11.2 Å². The number of rotatable bonds is 5. The predicted octanol–water partition coefficient (Wildman–Crippen LogP) is 4.33. The molecule has 1 saturated heterocycles. The van der Waals surface area contributed by atoms with Crippen molar-refractivity contribution in [2.45, 2.75) is 50.9 Å². The van der Waals surface area contributed by atoms with Crippen molar-refractivity contribution in [3.05, 3.63) is 36.3 Å². The molecule has 1 unspecified atom stereocenters. The second kappa shape index (κ2) is 8.07. The molecular weight excluding hydrogens is 447 g/mol. The van der Waals surface area contributed by atoms with Crippen LogP contribution in [-0.2, 0) is 12.7 Å². The van der Waals surface area contributed by atoms with Crippen LogP contribution in [-0.4, -0.2) is 50.4 Å². The summed E-state index contributed by atoms with van der Waals surface area (Å²) >= 11 is 0. The number of fused-ring (bicyclic) bond motifs is 1. The van der Waals surface area contributed by atoms with Crippen molar-refractivity contribution in [2.24, 2.45) is 5.41 Å². The number of piperidine rings is 1. The molecule has 1 spiro atoms. The lowest BCUT2D eigenvalue weighted by molar-refractivity contribution is -0.141. The minimum absolute atomic E-state index is 0.0139. The summed E-state index contributed by atoms with van der Waals surface area (Å²) in [5.41, 5.74) is -0.327. The van der Waals surface area contributed by atoms with E-state index >= 15 is 0 Å². The van der Waals surface area contributed by atoms with Gasteiger partial charge in [0.1, 0.15) is 29.7 Å². The van der Waals surface area contributed by atoms with Gasteiger partial charge in [0.05, 0.1) is 12.4 Å². The van der Waals surface area contributed by atoms with Crippen LogP contribution in [0, 0.1) is 5.41 Å². The Labute approximate surface area is 185 Å². The molecule has 2 aliphatic rings. The smallest absolute Gasteiger partial charge is 0.433 e. The van der Waals surface area contributed by atoms with E-state index in [0.717, 1.165) is 36.4 Å². The molecule has 12 heteroatoms. The van der Waals surface area contributed by atoms with E-state index in [2.05, 4.69) is 20.1 Å². The van der Waals surface area contributed by atoms with E-state index in [4.69, 9.17) is 4.74 Å². The molecule has 0 aromatic carbocycles. The quantitative estimate of drug-likeness (QED) is 0.519. The average molecular weight is 468 g/mol. The first-order valence-electron chi connectivity index (χ1n) is 10.7. The Bertz CT molecular complexity index is 1140. The zero-order valence-corrected chi connectivity index (χ0v) is 17.5. The first kappa shape index (κ1) is 21.8. The van der Waals surface area contributed by atoms with E-state index in [-0.39, 0.29) is 17.4 Å². The number of ether oxygens (including phenoxy) is 1. The van der Waals surface area contributed by atoms with Crippen molar-refractivity contribution in [3.63, 3.8) is 0 Å². The van der Waals surface area contributed by atoms with Gasteiger partial charge in [0.25, 0.3) is 6.43 Å². The fourth-order valence-electron chi connectivity index (χ4n) is 4.65. The topological polar surface area (TPSA) is 69.0 Å². The number of pyridine rings is 1. The van der Waals surface area contributed by atoms with Gasteiger partial charge < -0.3 is 9.64 Å². The second-order valence-corrected chi connectivity index (χ2v) is 8.51. The van der Waals surface area contributed by atoms with Crippen LogP contribution in [0.15, 0.2) is 30.6 Å². The fourth-order valence-corrected chi connectivity index (χ4v) is 4.65. The van der Waals surface area contributed by atoms with Crippen molar-refractivity contribution in [1.29, 1.82) is 0 Å². The monoisotopic (exact) mass is 468 g/mol. The summed E-state index contributed by atoms with van der Waals surface area (Å²) in [4.78, 5) is 14.5. The summed E-state index contributed by atoms with van der Waals surface area (Å²) in [6, 6.07) is 3.67. The lowest BCUT2D eigenvalue weighted by Crippen LogP contribution is -2.54. The Kier molecular flexibility index (Phi) is 5.32. The average Bonchev–Trinajstić information content (AvgIpc) is 3.18. The molecule has 0 bridgehead atoms. The highest BCUT2D eigenvalue weighted by Gasteiger charge is 2.50. The summed E-state index contributed by atoms with van der Waals surface area (Å²) in [6.45, 7) is 0.755. The van der Waals surface area contributed by atoms with Gasteiger partial charge in [0.2, 0.25) is 5.88 Å². The molecule has 7 nitrogen and oxygen atoms in total. The van der Waals surface area contributed by atoms with E-state index in [9.17, 15) is 22.0 Å². The van der Waals surface area contributed by atoms with E-state index in [1.807, 2.05) is 4.90 Å². The summed E-state index contributed by atoms with van der Waals surface area (Å²) in [5, 5.41) is 3.94. The molecule has 1 atom stereocenters. The Morgan fingerprint density at radius 2 is 1.88 bits per heavy atom. The van der Waals surface area contributed by atoms with Crippen molar-refractivity contribution in [1.82, 2.24) is 24.7 Å². The molecule has 176 valence electrons. The van der Waals surface area contributed by atoms with Crippen LogP contribution in [0.3, 0.4) is 0 Å². The summed E-state index contributed by atoms with van der Waals surface area (Å²) in [6.07, 6.45) is -1.01. The van der Waals surface area contributed by atoms with Gasteiger partial charge in [-0.1, -0.05) is 6.07 Å². The third-order valence-electron chi connectivity index (χ3n) is 6.59. The highest BCUT2D eigenvalue weighted by atomic mass is 19.4. The number of hydrogen-bond donors (Lipinski definition) is 0. The molecule has 3 aromatic heterocycles. The van der Waals surface area contributed by atoms with Crippen molar-refractivity contribution < 1.29 is 26.7 Å². The third kappa shape index (κ3) is 4.18. The van der Waals surface area contributed by atoms with E-state index < -0.39 is 24.8 Å². The molecule has 1 aliphatic heterocycles. The number of hydrogen-bond acceptors (Lipinski definition) is 6. The lowest BCUT2D eigenvalue weighted by Gasteiger charge is -2.53. The second-order valence-electron chi connectivity index (χ2n) is 8.51. The van der Waals surface area contributed by atoms with Gasteiger partial charge in [0, 0.05) is 24.6 Å². The van der Waals surface area contributed by atoms with E-state index in [1.165, 1.54) is 18.3 Å². The Balaban J connectivity index is 1.26. The molecule has 2 fully saturated rings. The van der Waals surface area contributed by atoms with Crippen LogP contribution < -0.4 is 9.64 Å². The Morgan fingerprint density at radius 3 is 2.55 bits per heavy atom. The van der Waals surface area contributed by atoms with Crippen LogP contribution >= 0.6 is 0 Å². The van der Waals surface area contributed by atoms with Gasteiger partial charge in [-0.2, -0.15) is 18.3 Å². The molecule has 0 N–H and O–H groups in total. The van der Waals surface area contributed by atoms with Crippen LogP contribution in [0.2, 0.25) is 0 Å². The normalized spacial score (nSPS) is 20.4. The number of alkyl halides is 5. The largest absolute Gasteiger partial charge is 0.474 e. The van der Waals surface area contributed by atoms with E-state index in [1.54, 1.807) is 6.20 Å². The van der Waals surface area contributed by atoms with Gasteiger partial charge in [0.15, 0.2) is 5.65 Å². The van der Waals surface area contributed by atoms with Gasteiger partial charge in [-0.25, -0.2) is 28.4 Å². The van der Waals surface area contributed by atoms with Gasteiger partial charge >= 0.3 is 6.18 Å². The van der Waals surface area contributed by atoms with Crippen molar-refractivity contribution in [2.75, 3.05) is 18.0 Å². The van der Waals surface area contributed by atoms with Crippen LogP contribution in [0.1, 0.15) is 31.4 Å². The number of nitrogens with zero attached hydrogens (tertiary/aromatic N) is 6. The molecule has 1 saturated carbocycles. The van der Waals surface area contributed by atoms with Gasteiger partial charge in [-0.15, -0.1) is 0 Å². The third-order valence-corrected chi connectivity index (χ3v) is 6.59. The van der Waals surface area contributed by atoms with Gasteiger partial charge in [-0.3, -0.25) is 0 Å². The molecule has 4 heterocycles. The summed E-state index contributed by atoms with van der Waals surface area (Å²) < 4.78 is 71.4. The first-order valence-corrected chi connectivity index (χ1v) is 10.7. The van der Waals surface area contributed by atoms with Gasteiger partial charge in [-0.05, 0) is 31.7 Å². The van der Waals surface area contributed by atoms with E-state index in [0.29, 0.717) is 30.1 Å². The van der Waals surface area contributed by atoms with Crippen molar-refractivity contribution >= 4 is 17.0 Å². The maximum absolute atomic E-state index is 12.9. The van der Waals surface area contributed by atoms with Crippen LogP contribution in [0.4, 0.5) is 27.8 Å². The fraction of sp³-hybridized carbons (Fsp3) is 0.524. The zero-order chi connectivity index (χ0) is 23.2. The summed E-state index contributed by atoms with van der Waals surface area (Å²) in [7, 11) is 0. The molecule has 3 aromatic rings. The Hall–Kier alpha value is -3.05. The zero-order valence-electron chi connectivity index (χ0n) is 17.5. The molecule has 1 aliphatic carbocycles. The number of halogens is 5. The Morgan fingerprint density at radius 1 is 1.09 bits per heavy atom. The van der Waals surface area contributed by atoms with Crippen LogP contribution in [0.5, 0.6) is 5.88 Å². The number of aromatic nitrogens is 5. The minimum Gasteiger partial charge on any atom is -0.474 e. The molecule has 5 rings (SSSR count). The lowest BCUT2D eigenvalue weighted by atomic mass is 9.60. The molecular formula is C21H21F5N6O. The highest BCUT2D eigenvalue weighted by Crippen LogP contribution is 2.51. The molecule has 33 heavy (non-hydrogen) atoms. The van der Waals surface area contributed by atoms with Crippen molar-refractivity contribution in [3.8, 4) is 5.88 Å². The maximum atomic E-state index is 12.9. The maximum Gasteiger partial charge on any atom is 0.433 e.